The first-order valence-corrected chi connectivity index (χ1v) is 6.61. The molecule has 86 valence electrons. The number of hydrogen-bond acceptors (Lipinski definition) is 2. The van der Waals surface area contributed by atoms with E-state index in [9.17, 15) is 8.42 Å². The van der Waals surface area contributed by atoms with E-state index in [0.29, 0.717) is 0 Å². The standard InChI is InChI=1S/C12H15NO2S/c1-9(2)12(13-4)16(14,15)11-7-5-10(3)6-8-11/h5-9,12H,1-3H3/t12-/m0/s1. The van der Waals surface area contributed by atoms with E-state index in [1.165, 1.54) is 0 Å². The number of hydrogen-bond donors (Lipinski definition) is 0. The fourth-order valence-corrected chi connectivity index (χ4v) is 3.09. The van der Waals surface area contributed by atoms with Crippen LogP contribution in [0.1, 0.15) is 19.4 Å². The molecule has 0 unspecified atom stereocenters. The van der Waals surface area contributed by atoms with E-state index in [1.54, 1.807) is 38.1 Å². The van der Waals surface area contributed by atoms with Crippen LogP contribution in [0.2, 0.25) is 0 Å². The van der Waals surface area contributed by atoms with Crippen molar-refractivity contribution in [3.05, 3.63) is 41.2 Å². The van der Waals surface area contributed by atoms with Crippen molar-refractivity contribution >= 4 is 9.84 Å². The Hall–Kier alpha value is -1.34. The van der Waals surface area contributed by atoms with Crippen LogP contribution in [0, 0.1) is 19.4 Å². The molecule has 0 aromatic heterocycles. The van der Waals surface area contributed by atoms with Crippen molar-refractivity contribution in [2.45, 2.75) is 31.0 Å². The highest BCUT2D eigenvalue weighted by Crippen LogP contribution is 2.22. The van der Waals surface area contributed by atoms with Gasteiger partial charge in [0.1, 0.15) is 0 Å². The second kappa shape index (κ2) is 4.67. The molecule has 0 saturated carbocycles. The van der Waals surface area contributed by atoms with E-state index < -0.39 is 15.2 Å². The Morgan fingerprint density at radius 3 is 2.06 bits per heavy atom. The first-order valence-electron chi connectivity index (χ1n) is 5.06. The zero-order chi connectivity index (χ0) is 12.3. The summed E-state index contributed by atoms with van der Waals surface area (Å²) in [4.78, 5) is 3.45. The van der Waals surface area contributed by atoms with Crippen molar-refractivity contribution in [1.82, 2.24) is 0 Å². The van der Waals surface area contributed by atoms with Crippen molar-refractivity contribution in [3.63, 3.8) is 0 Å². The van der Waals surface area contributed by atoms with E-state index in [-0.39, 0.29) is 10.8 Å². The normalized spacial score (nSPS) is 13.4. The van der Waals surface area contributed by atoms with Crippen molar-refractivity contribution in [3.8, 4) is 0 Å². The van der Waals surface area contributed by atoms with E-state index >= 15 is 0 Å². The summed E-state index contributed by atoms with van der Waals surface area (Å²) in [6, 6.07) is 6.61. The van der Waals surface area contributed by atoms with Crippen LogP contribution >= 0.6 is 0 Å². The molecule has 0 aliphatic rings. The average Bonchev–Trinajstić information content (AvgIpc) is 2.18. The Kier molecular flexibility index (Phi) is 3.71. The minimum atomic E-state index is -3.52. The van der Waals surface area contributed by atoms with Gasteiger partial charge in [-0.15, -0.1) is 0 Å². The fraction of sp³-hybridized carbons (Fsp3) is 0.417. The van der Waals surface area contributed by atoms with Gasteiger partial charge < -0.3 is 0 Å². The molecule has 0 fully saturated rings. The van der Waals surface area contributed by atoms with Gasteiger partial charge in [0, 0.05) is 5.92 Å². The third-order valence-electron chi connectivity index (χ3n) is 2.36. The summed E-state index contributed by atoms with van der Waals surface area (Å²) in [5, 5.41) is -0.991. The second-order valence-corrected chi connectivity index (χ2v) is 6.17. The second-order valence-electron chi connectivity index (χ2n) is 4.12. The van der Waals surface area contributed by atoms with Gasteiger partial charge in [0.15, 0.2) is 0 Å². The maximum Gasteiger partial charge on any atom is 0.327 e. The van der Waals surface area contributed by atoms with Gasteiger partial charge in [-0.05, 0) is 19.1 Å². The molecule has 4 heteroatoms. The molecule has 0 bridgehead atoms. The van der Waals surface area contributed by atoms with Crippen molar-refractivity contribution in [2.24, 2.45) is 5.92 Å². The zero-order valence-electron chi connectivity index (χ0n) is 9.64. The lowest BCUT2D eigenvalue weighted by atomic mass is 10.2. The van der Waals surface area contributed by atoms with Gasteiger partial charge in [0.2, 0.25) is 0 Å². The molecule has 0 aliphatic carbocycles. The summed E-state index contributed by atoms with van der Waals surface area (Å²) < 4.78 is 24.2. The minimum absolute atomic E-state index is 0.205. The first kappa shape index (κ1) is 12.7. The molecular weight excluding hydrogens is 222 g/mol. The van der Waals surface area contributed by atoms with Crippen LogP contribution in [0.3, 0.4) is 0 Å². The summed E-state index contributed by atoms with van der Waals surface area (Å²) in [7, 11) is -3.52. The molecule has 16 heavy (non-hydrogen) atoms. The highest BCUT2D eigenvalue weighted by molar-refractivity contribution is 7.92. The van der Waals surface area contributed by atoms with Gasteiger partial charge in [-0.1, -0.05) is 31.5 Å². The summed E-state index contributed by atoms with van der Waals surface area (Å²) >= 11 is 0. The highest BCUT2D eigenvalue weighted by Gasteiger charge is 2.35. The van der Waals surface area contributed by atoms with Crippen LogP contribution in [-0.4, -0.2) is 13.8 Å². The summed E-state index contributed by atoms with van der Waals surface area (Å²) in [6.07, 6.45) is 0. The highest BCUT2D eigenvalue weighted by atomic mass is 32.2. The molecular formula is C12H15NO2S. The summed E-state index contributed by atoms with van der Waals surface area (Å²) in [5.41, 5.74) is 1.00. The minimum Gasteiger partial charge on any atom is -0.296 e. The molecule has 1 atom stereocenters. The molecule has 0 amide bonds. The molecule has 0 N–H and O–H groups in total. The molecule has 1 rings (SSSR count). The van der Waals surface area contributed by atoms with Gasteiger partial charge in [0.25, 0.3) is 9.84 Å². The average molecular weight is 237 g/mol. The van der Waals surface area contributed by atoms with Crippen LogP contribution < -0.4 is 0 Å². The smallest absolute Gasteiger partial charge is 0.296 e. The quantitative estimate of drug-likeness (QED) is 0.758. The number of rotatable bonds is 3. The van der Waals surface area contributed by atoms with Crippen molar-refractivity contribution < 1.29 is 8.42 Å². The largest absolute Gasteiger partial charge is 0.327 e. The molecule has 0 saturated heterocycles. The van der Waals surface area contributed by atoms with Crippen LogP contribution in [0.15, 0.2) is 29.2 Å². The third-order valence-corrected chi connectivity index (χ3v) is 4.58. The lowest BCUT2D eigenvalue weighted by Gasteiger charge is -2.10. The van der Waals surface area contributed by atoms with Crippen LogP contribution in [0.5, 0.6) is 0 Å². The maximum atomic E-state index is 12.1. The van der Waals surface area contributed by atoms with Crippen molar-refractivity contribution in [1.29, 1.82) is 0 Å². The van der Waals surface area contributed by atoms with Gasteiger partial charge >= 0.3 is 5.37 Å². The van der Waals surface area contributed by atoms with Gasteiger partial charge in [-0.3, -0.25) is 4.85 Å². The van der Waals surface area contributed by atoms with Crippen LogP contribution in [-0.2, 0) is 9.84 Å². The first-order chi connectivity index (χ1) is 7.39. The predicted molar refractivity (Wildman–Crippen MR) is 63.6 cm³/mol. The number of sulfone groups is 1. The number of nitrogens with zero attached hydrogens (tertiary/aromatic N) is 1. The topological polar surface area (TPSA) is 38.5 Å². The third kappa shape index (κ3) is 2.42. The monoisotopic (exact) mass is 237 g/mol. The lowest BCUT2D eigenvalue weighted by molar-refractivity contribution is 0.560. The van der Waals surface area contributed by atoms with Crippen LogP contribution in [0.4, 0.5) is 0 Å². The number of benzene rings is 1. The number of aryl methyl sites for hydroxylation is 1. The molecule has 0 spiro atoms. The van der Waals surface area contributed by atoms with E-state index in [2.05, 4.69) is 4.85 Å². The lowest BCUT2D eigenvalue weighted by Crippen LogP contribution is -2.23. The Labute approximate surface area is 96.8 Å². The summed E-state index contributed by atoms with van der Waals surface area (Å²) in [6.45, 7) is 12.4. The molecule has 0 radical (unpaired) electrons. The zero-order valence-corrected chi connectivity index (χ0v) is 10.5. The molecule has 1 aromatic carbocycles. The molecule has 0 heterocycles. The Balaban J connectivity index is 3.22. The Morgan fingerprint density at radius 1 is 1.19 bits per heavy atom. The molecule has 1 aromatic rings. The predicted octanol–water partition coefficient (Wildman–Crippen LogP) is 2.67. The van der Waals surface area contributed by atoms with Gasteiger partial charge in [-0.25, -0.2) is 15.0 Å². The van der Waals surface area contributed by atoms with E-state index in [1.807, 2.05) is 6.92 Å². The Bertz CT molecular complexity index is 495. The SMILES string of the molecule is [C-]#[N+][C@H](C(C)C)S(=O)(=O)c1ccc(C)cc1. The van der Waals surface area contributed by atoms with Crippen molar-refractivity contribution in [2.75, 3.05) is 0 Å². The van der Waals surface area contributed by atoms with Gasteiger partial charge in [-0.2, -0.15) is 0 Å². The summed E-state index contributed by atoms with van der Waals surface area (Å²) in [5.74, 6) is -0.205. The van der Waals surface area contributed by atoms with Gasteiger partial charge in [0.05, 0.1) is 4.90 Å². The van der Waals surface area contributed by atoms with E-state index in [0.717, 1.165) is 5.56 Å². The Morgan fingerprint density at radius 2 is 1.69 bits per heavy atom. The van der Waals surface area contributed by atoms with Crippen LogP contribution in [0.25, 0.3) is 4.85 Å². The molecule has 0 aliphatic heterocycles. The fourth-order valence-electron chi connectivity index (χ4n) is 1.44. The molecule has 3 nitrogen and oxygen atoms in total. The van der Waals surface area contributed by atoms with E-state index in [4.69, 9.17) is 6.57 Å². The maximum absolute atomic E-state index is 12.1.